The third kappa shape index (κ3) is 3.45. The first-order valence-corrected chi connectivity index (χ1v) is 8.77. The highest BCUT2D eigenvalue weighted by atomic mass is 16.6. The van der Waals surface area contributed by atoms with E-state index in [2.05, 4.69) is 30.4 Å². The molecule has 0 aliphatic carbocycles. The zero-order chi connectivity index (χ0) is 17.4. The molecule has 0 unspecified atom stereocenters. The van der Waals surface area contributed by atoms with Crippen LogP contribution in [0.1, 0.15) is 46.1 Å². The van der Waals surface area contributed by atoms with E-state index < -0.39 is 5.60 Å². The molecule has 24 heavy (non-hydrogen) atoms. The Hall–Kier alpha value is -1.91. The van der Waals surface area contributed by atoms with Gasteiger partial charge in [-0.05, 0) is 39.7 Å². The van der Waals surface area contributed by atoms with Gasteiger partial charge in [-0.15, -0.1) is 0 Å². The third-order valence-electron chi connectivity index (χ3n) is 4.68. The molecule has 2 aliphatic heterocycles. The minimum atomic E-state index is -0.468. The van der Waals surface area contributed by atoms with Crippen LogP contribution in [0.5, 0.6) is 5.75 Å². The molecule has 2 aliphatic rings. The number of rotatable bonds is 1. The first-order valence-electron chi connectivity index (χ1n) is 8.77. The summed E-state index contributed by atoms with van der Waals surface area (Å²) in [5, 5.41) is 3.39. The van der Waals surface area contributed by atoms with Gasteiger partial charge in [-0.2, -0.15) is 0 Å². The average Bonchev–Trinajstić information content (AvgIpc) is 2.53. The van der Waals surface area contributed by atoms with E-state index in [1.807, 2.05) is 25.7 Å². The number of benzene rings is 1. The normalized spacial score (nSPS) is 23.8. The molecule has 1 aromatic rings. The van der Waals surface area contributed by atoms with E-state index in [1.165, 1.54) is 5.56 Å². The molecule has 1 saturated heterocycles. The van der Waals surface area contributed by atoms with Crippen molar-refractivity contribution in [2.45, 2.75) is 51.6 Å². The molecule has 5 heteroatoms. The minimum Gasteiger partial charge on any atom is -0.489 e. The molecule has 0 spiro atoms. The molecular formula is C19H28N2O3. The van der Waals surface area contributed by atoms with Crippen LogP contribution >= 0.6 is 0 Å². The molecule has 3 rings (SSSR count). The van der Waals surface area contributed by atoms with Gasteiger partial charge in [0.25, 0.3) is 0 Å². The highest BCUT2D eigenvalue weighted by Crippen LogP contribution is 2.43. The second-order valence-electron chi connectivity index (χ2n) is 8.02. The number of para-hydroxylation sites is 1. The number of carbonyl (C=O) groups is 1. The minimum absolute atomic E-state index is 0.125. The van der Waals surface area contributed by atoms with Crippen molar-refractivity contribution in [3.05, 3.63) is 23.8 Å². The monoisotopic (exact) mass is 332 g/mol. The van der Waals surface area contributed by atoms with Crippen molar-refractivity contribution >= 4 is 11.8 Å². The fourth-order valence-electron chi connectivity index (χ4n) is 3.59. The Balaban J connectivity index is 1.84. The van der Waals surface area contributed by atoms with Crippen LogP contribution in [-0.2, 0) is 10.2 Å². The average molecular weight is 332 g/mol. The van der Waals surface area contributed by atoms with Crippen LogP contribution in [0.3, 0.4) is 0 Å². The van der Waals surface area contributed by atoms with Gasteiger partial charge >= 0.3 is 6.09 Å². The molecule has 0 radical (unpaired) electrons. The number of piperidine rings is 1. The number of nitrogens with zero attached hydrogens (tertiary/aromatic N) is 1. The van der Waals surface area contributed by atoms with Crippen molar-refractivity contribution in [3.63, 3.8) is 0 Å². The first-order chi connectivity index (χ1) is 11.3. The lowest BCUT2D eigenvalue weighted by molar-refractivity contribution is 0.0144. The molecule has 132 valence electrons. The predicted octanol–water partition coefficient (Wildman–Crippen LogP) is 3.78. The number of likely N-dealkylation sites (tertiary alicyclic amines) is 1. The molecule has 0 aromatic heterocycles. The Labute approximate surface area is 144 Å². The number of nitrogens with one attached hydrogen (secondary N) is 1. The first kappa shape index (κ1) is 16.9. The van der Waals surface area contributed by atoms with Crippen molar-refractivity contribution in [1.82, 2.24) is 4.90 Å². The number of carbonyl (C=O) groups excluding carboxylic acids is 1. The number of hydrogen-bond acceptors (Lipinski definition) is 4. The van der Waals surface area contributed by atoms with Crippen LogP contribution in [0.4, 0.5) is 10.5 Å². The lowest BCUT2D eigenvalue weighted by Gasteiger charge is -2.42. The summed E-state index contributed by atoms with van der Waals surface area (Å²) in [4.78, 5) is 14.3. The maximum atomic E-state index is 12.5. The topological polar surface area (TPSA) is 50.8 Å². The Bertz CT molecular complexity index is 624. The predicted molar refractivity (Wildman–Crippen MR) is 94.8 cm³/mol. The Morgan fingerprint density at radius 2 is 2.17 bits per heavy atom. The number of anilines is 1. The van der Waals surface area contributed by atoms with Gasteiger partial charge in [-0.1, -0.05) is 19.1 Å². The summed E-state index contributed by atoms with van der Waals surface area (Å²) >= 11 is 0. The highest BCUT2D eigenvalue weighted by molar-refractivity contribution is 5.69. The van der Waals surface area contributed by atoms with Gasteiger partial charge in [-0.3, -0.25) is 0 Å². The standard InChI is InChI=1S/C19H28N2O3/c1-18(2,3)24-17(22)21-11-6-9-19(4,13-21)14-7-5-8-15-16(14)23-12-10-20-15/h5,7-8,20H,6,9-13H2,1-4H3/t19-/m0/s1. The fourth-order valence-corrected chi connectivity index (χ4v) is 3.59. The molecule has 1 fully saturated rings. The lowest BCUT2D eigenvalue weighted by atomic mass is 9.75. The summed E-state index contributed by atoms with van der Waals surface area (Å²) in [7, 11) is 0. The van der Waals surface area contributed by atoms with Gasteiger partial charge in [0.15, 0.2) is 0 Å². The van der Waals surface area contributed by atoms with Crippen molar-refractivity contribution in [2.75, 3.05) is 31.6 Å². The summed E-state index contributed by atoms with van der Waals surface area (Å²) in [5.74, 6) is 0.942. The van der Waals surface area contributed by atoms with Gasteiger partial charge in [0, 0.05) is 30.6 Å². The van der Waals surface area contributed by atoms with Crippen LogP contribution in [0, 0.1) is 0 Å². The Morgan fingerprint density at radius 3 is 2.92 bits per heavy atom. The van der Waals surface area contributed by atoms with Crippen molar-refractivity contribution in [3.8, 4) is 5.75 Å². The Kier molecular flexibility index (Phi) is 4.37. The third-order valence-corrected chi connectivity index (χ3v) is 4.68. The SMILES string of the molecule is CC(C)(C)OC(=O)N1CCC[C@](C)(c2cccc3c2OCCN3)C1. The van der Waals surface area contributed by atoms with Crippen LogP contribution in [0.2, 0.25) is 0 Å². The maximum absolute atomic E-state index is 12.5. The lowest BCUT2D eigenvalue weighted by Crippen LogP contribution is -2.48. The van der Waals surface area contributed by atoms with E-state index in [1.54, 1.807) is 0 Å². The van der Waals surface area contributed by atoms with Crippen molar-refractivity contribution < 1.29 is 14.3 Å². The fraction of sp³-hybridized carbons (Fsp3) is 0.632. The summed E-state index contributed by atoms with van der Waals surface area (Å²) in [6.45, 7) is 10.8. The summed E-state index contributed by atoms with van der Waals surface area (Å²) in [5.41, 5.74) is 1.64. The zero-order valence-corrected chi connectivity index (χ0v) is 15.1. The zero-order valence-electron chi connectivity index (χ0n) is 15.1. The van der Waals surface area contributed by atoms with E-state index >= 15 is 0 Å². The number of fused-ring (bicyclic) bond motifs is 1. The van der Waals surface area contributed by atoms with E-state index in [4.69, 9.17) is 9.47 Å². The van der Waals surface area contributed by atoms with Crippen molar-refractivity contribution in [2.24, 2.45) is 0 Å². The van der Waals surface area contributed by atoms with Crippen LogP contribution in [0.25, 0.3) is 0 Å². The number of ether oxygens (including phenoxy) is 2. The van der Waals surface area contributed by atoms with E-state index in [0.717, 1.165) is 37.4 Å². The van der Waals surface area contributed by atoms with Crippen molar-refractivity contribution in [1.29, 1.82) is 0 Å². The molecule has 1 aromatic carbocycles. The number of hydrogen-bond donors (Lipinski definition) is 1. The van der Waals surface area contributed by atoms with E-state index in [0.29, 0.717) is 13.2 Å². The maximum Gasteiger partial charge on any atom is 0.410 e. The largest absolute Gasteiger partial charge is 0.489 e. The smallest absolute Gasteiger partial charge is 0.410 e. The second kappa shape index (κ2) is 6.19. The Morgan fingerprint density at radius 1 is 1.38 bits per heavy atom. The molecule has 2 heterocycles. The molecular weight excluding hydrogens is 304 g/mol. The quantitative estimate of drug-likeness (QED) is 0.850. The van der Waals surface area contributed by atoms with E-state index in [9.17, 15) is 4.79 Å². The summed E-state index contributed by atoms with van der Waals surface area (Å²) in [6, 6.07) is 6.24. The van der Waals surface area contributed by atoms with Gasteiger partial charge in [0.2, 0.25) is 0 Å². The van der Waals surface area contributed by atoms with Gasteiger partial charge in [-0.25, -0.2) is 4.79 Å². The molecule has 1 amide bonds. The van der Waals surface area contributed by atoms with Gasteiger partial charge < -0.3 is 19.7 Å². The van der Waals surface area contributed by atoms with E-state index in [-0.39, 0.29) is 11.5 Å². The molecule has 0 saturated carbocycles. The molecule has 1 N–H and O–H groups in total. The number of amides is 1. The van der Waals surface area contributed by atoms with Crippen LogP contribution in [0.15, 0.2) is 18.2 Å². The van der Waals surface area contributed by atoms with Gasteiger partial charge in [0.05, 0.1) is 5.69 Å². The van der Waals surface area contributed by atoms with Crippen LogP contribution < -0.4 is 10.1 Å². The van der Waals surface area contributed by atoms with Gasteiger partial charge in [0.1, 0.15) is 18.0 Å². The molecule has 0 bridgehead atoms. The second-order valence-corrected chi connectivity index (χ2v) is 8.02. The van der Waals surface area contributed by atoms with Crippen LogP contribution in [-0.4, -0.2) is 42.8 Å². The summed E-state index contributed by atoms with van der Waals surface area (Å²) < 4.78 is 11.5. The highest BCUT2D eigenvalue weighted by Gasteiger charge is 2.38. The molecule has 1 atom stereocenters. The summed E-state index contributed by atoms with van der Waals surface area (Å²) in [6.07, 6.45) is 1.77. The molecule has 5 nitrogen and oxygen atoms in total.